The average Bonchev–Trinajstić information content (AvgIpc) is 3.03. The molecule has 1 aromatic rings. The van der Waals surface area contributed by atoms with Gasteiger partial charge in [-0.1, -0.05) is 23.4 Å². The van der Waals surface area contributed by atoms with Crippen molar-refractivity contribution in [3.05, 3.63) is 28.8 Å². The number of nitrogens with zero attached hydrogens (tertiary/aromatic N) is 1. The topological polar surface area (TPSA) is 135 Å². The molecule has 8 nitrogen and oxygen atoms in total. The van der Waals surface area contributed by atoms with Gasteiger partial charge in [0.05, 0.1) is 10.9 Å². The smallest absolute Gasteiger partial charge is 0.327 e. The fraction of sp³-hybridized carbons (Fsp3) is 0.357. The molecular weight excluding hydrogens is 424 g/mol. The van der Waals surface area contributed by atoms with Crippen LogP contribution in [0.15, 0.2) is 23.1 Å². The lowest BCUT2D eigenvalue weighted by atomic mass is 10.2. The summed E-state index contributed by atoms with van der Waals surface area (Å²) in [5.41, 5.74) is 0.0935. The number of primary sulfonamides is 1. The number of halogens is 1. The Bertz CT molecular complexity index is 845. The minimum absolute atomic E-state index is 0.00359. The molecule has 12 heteroatoms. The Morgan fingerprint density at radius 2 is 2.08 bits per heavy atom. The second kappa shape index (κ2) is 8.61. The van der Waals surface area contributed by atoms with Crippen molar-refractivity contribution < 1.29 is 27.9 Å². The summed E-state index contributed by atoms with van der Waals surface area (Å²) >= 11 is 7.96. The number of hydrogen-bond donors (Lipinski definition) is 2. The van der Waals surface area contributed by atoms with Crippen LogP contribution >= 0.6 is 35.1 Å². The lowest BCUT2D eigenvalue weighted by Gasteiger charge is -2.20. The van der Waals surface area contributed by atoms with Crippen LogP contribution in [0.25, 0.3) is 0 Å². The Morgan fingerprint density at radius 3 is 2.69 bits per heavy atom. The quantitative estimate of drug-likeness (QED) is 0.677. The number of benzene rings is 1. The van der Waals surface area contributed by atoms with E-state index in [1.54, 1.807) is 0 Å². The van der Waals surface area contributed by atoms with Gasteiger partial charge in [0.25, 0.3) is 0 Å². The summed E-state index contributed by atoms with van der Waals surface area (Å²) < 4.78 is 22.9. The number of nitrogens with two attached hydrogens (primary N) is 1. The molecule has 2 rings (SSSR count). The van der Waals surface area contributed by atoms with Gasteiger partial charge in [0.15, 0.2) is 0 Å². The van der Waals surface area contributed by atoms with Crippen molar-refractivity contribution in [3.8, 4) is 0 Å². The van der Waals surface area contributed by atoms with Gasteiger partial charge in [-0.15, -0.1) is 11.8 Å². The van der Waals surface area contributed by atoms with Gasteiger partial charge in [0.1, 0.15) is 10.9 Å². The fourth-order valence-electron chi connectivity index (χ4n) is 2.20. The molecule has 0 aromatic heterocycles. The molecule has 1 fully saturated rings. The Balaban J connectivity index is 1.95. The van der Waals surface area contributed by atoms with Crippen LogP contribution in [-0.4, -0.2) is 58.8 Å². The highest BCUT2D eigenvalue weighted by molar-refractivity contribution is 8.14. The molecule has 0 radical (unpaired) electrons. The molecule has 142 valence electrons. The zero-order valence-electron chi connectivity index (χ0n) is 13.3. The van der Waals surface area contributed by atoms with Gasteiger partial charge in [0.2, 0.25) is 21.0 Å². The third-order valence-corrected chi connectivity index (χ3v) is 6.82. The Labute approximate surface area is 163 Å². The number of sulfonamides is 1. The van der Waals surface area contributed by atoms with Crippen LogP contribution in [0, 0.1) is 0 Å². The van der Waals surface area contributed by atoms with Crippen molar-refractivity contribution in [2.24, 2.45) is 5.14 Å². The van der Waals surface area contributed by atoms with E-state index in [0.717, 1.165) is 17.8 Å². The third-order valence-electron chi connectivity index (χ3n) is 3.51. The van der Waals surface area contributed by atoms with E-state index in [4.69, 9.17) is 21.8 Å². The maximum Gasteiger partial charge on any atom is 0.327 e. The molecule has 1 aliphatic heterocycles. The lowest BCUT2D eigenvalue weighted by Crippen LogP contribution is -2.41. The molecule has 1 aromatic carbocycles. The summed E-state index contributed by atoms with van der Waals surface area (Å²) in [6.07, 6.45) is -0.00359. The van der Waals surface area contributed by atoms with E-state index in [2.05, 4.69) is 0 Å². The lowest BCUT2D eigenvalue weighted by molar-refractivity contribution is -0.147. The first-order chi connectivity index (χ1) is 12.1. The molecule has 1 atom stereocenters. The number of aliphatic carboxylic acids is 1. The predicted molar refractivity (Wildman–Crippen MR) is 99.8 cm³/mol. The molecule has 3 N–H and O–H groups in total. The first kappa shape index (κ1) is 21.0. The van der Waals surface area contributed by atoms with E-state index in [1.807, 2.05) is 0 Å². The van der Waals surface area contributed by atoms with Crippen LogP contribution < -0.4 is 5.14 Å². The van der Waals surface area contributed by atoms with E-state index in [-0.39, 0.29) is 33.6 Å². The summed E-state index contributed by atoms with van der Waals surface area (Å²) in [5.74, 6) is -0.608. The van der Waals surface area contributed by atoms with Gasteiger partial charge in [-0.25, -0.2) is 18.4 Å². The van der Waals surface area contributed by atoms with Crippen molar-refractivity contribution in [1.29, 1.82) is 0 Å². The molecule has 0 bridgehead atoms. The zero-order valence-corrected chi connectivity index (χ0v) is 16.5. The number of hydrogen-bond acceptors (Lipinski definition) is 7. The number of carbonyl (C=O) groups is 3. The second-order valence-electron chi connectivity index (χ2n) is 5.29. The van der Waals surface area contributed by atoms with E-state index in [1.165, 1.54) is 28.8 Å². The Morgan fingerprint density at radius 1 is 1.38 bits per heavy atom. The number of amides is 1. The van der Waals surface area contributed by atoms with E-state index >= 15 is 0 Å². The minimum Gasteiger partial charge on any atom is -0.480 e. The molecule has 0 saturated carbocycles. The summed E-state index contributed by atoms with van der Waals surface area (Å²) in [7, 11) is -4.06. The van der Waals surface area contributed by atoms with Crippen LogP contribution in [0.1, 0.15) is 16.8 Å². The minimum atomic E-state index is -4.06. The molecular formula is C14H15ClN2O6S3. The Hall–Kier alpha value is -1.27. The summed E-state index contributed by atoms with van der Waals surface area (Å²) in [6.45, 7) is 0. The van der Waals surface area contributed by atoms with Crippen molar-refractivity contribution in [3.63, 3.8) is 0 Å². The van der Waals surface area contributed by atoms with Gasteiger partial charge in [-0.05, 0) is 18.2 Å². The normalized spacial score (nSPS) is 17.3. The maximum absolute atomic E-state index is 12.2. The van der Waals surface area contributed by atoms with E-state index < -0.39 is 27.1 Å². The standard InChI is InChI=1S/C14H15ClN2O6S3/c15-9-2-1-8(5-11(9)26(16,22)23)14(21)25-4-3-12(18)17-7-24-6-10(17)13(19)20/h1-2,5,10H,3-4,6-7H2,(H,19,20)(H2,16,22,23)/t10-/m0/s1. The van der Waals surface area contributed by atoms with Gasteiger partial charge in [0, 0.05) is 23.5 Å². The van der Waals surface area contributed by atoms with Crippen molar-refractivity contribution >= 4 is 62.1 Å². The van der Waals surface area contributed by atoms with Gasteiger partial charge < -0.3 is 10.0 Å². The molecule has 0 spiro atoms. The molecule has 1 saturated heterocycles. The van der Waals surface area contributed by atoms with Crippen molar-refractivity contribution in [2.45, 2.75) is 17.4 Å². The van der Waals surface area contributed by atoms with Gasteiger partial charge in [-0.3, -0.25) is 9.59 Å². The van der Waals surface area contributed by atoms with Crippen LogP contribution in [0.3, 0.4) is 0 Å². The number of carbonyl (C=O) groups excluding carboxylic acids is 2. The Kier molecular flexibility index (Phi) is 6.97. The van der Waals surface area contributed by atoms with Gasteiger partial charge in [-0.2, -0.15) is 0 Å². The fourth-order valence-corrected chi connectivity index (χ4v) is 5.20. The van der Waals surface area contributed by atoms with Crippen LogP contribution in [0.2, 0.25) is 5.02 Å². The average molecular weight is 439 g/mol. The monoisotopic (exact) mass is 438 g/mol. The number of carboxylic acid groups (broad SMARTS) is 1. The molecule has 1 aliphatic rings. The van der Waals surface area contributed by atoms with Crippen molar-refractivity contribution in [2.75, 3.05) is 17.4 Å². The number of rotatable bonds is 6. The highest BCUT2D eigenvalue weighted by atomic mass is 35.5. The van der Waals surface area contributed by atoms with E-state index in [0.29, 0.717) is 11.6 Å². The maximum atomic E-state index is 12.2. The summed E-state index contributed by atoms with van der Waals surface area (Å²) in [6, 6.07) is 2.87. The van der Waals surface area contributed by atoms with Crippen LogP contribution in [0.5, 0.6) is 0 Å². The molecule has 1 heterocycles. The highest BCUT2D eigenvalue weighted by Gasteiger charge is 2.34. The first-order valence-electron chi connectivity index (χ1n) is 7.20. The highest BCUT2D eigenvalue weighted by Crippen LogP contribution is 2.25. The predicted octanol–water partition coefficient (Wildman–Crippen LogP) is 1.24. The van der Waals surface area contributed by atoms with Gasteiger partial charge >= 0.3 is 5.97 Å². The number of carboxylic acids is 1. The van der Waals surface area contributed by atoms with E-state index in [9.17, 15) is 22.8 Å². The largest absolute Gasteiger partial charge is 0.480 e. The zero-order chi connectivity index (χ0) is 19.5. The molecule has 0 unspecified atom stereocenters. The number of thioether (sulfide) groups is 2. The molecule has 0 aliphatic carbocycles. The first-order valence-corrected chi connectivity index (χ1v) is 11.3. The summed E-state index contributed by atoms with van der Waals surface area (Å²) in [4.78, 5) is 36.3. The van der Waals surface area contributed by atoms with Crippen LogP contribution in [0.4, 0.5) is 0 Å². The third kappa shape index (κ3) is 5.13. The SMILES string of the molecule is NS(=O)(=O)c1cc(C(=O)SCCC(=O)N2CSC[C@H]2C(=O)O)ccc1Cl. The second-order valence-corrected chi connectivity index (χ2v) is 9.30. The molecule has 26 heavy (non-hydrogen) atoms. The van der Waals surface area contributed by atoms with Crippen molar-refractivity contribution in [1.82, 2.24) is 4.90 Å². The molecule has 1 amide bonds. The summed E-state index contributed by atoms with van der Waals surface area (Å²) in [5, 5.41) is 13.6. The van der Waals surface area contributed by atoms with Crippen LogP contribution in [-0.2, 0) is 19.6 Å².